The van der Waals surface area contributed by atoms with Crippen molar-refractivity contribution in [3.05, 3.63) is 48.0 Å². The van der Waals surface area contributed by atoms with E-state index in [9.17, 15) is 0 Å². The molecule has 0 atom stereocenters. The van der Waals surface area contributed by atoms with Crippen LogP contribution in [0.25, 0.3) is 10.8 Å². The van der Waals surface area contributed by atoms with Crippen molar-refractivity contribution < 1.29 is 0 Å². The van der Waals surface area contributed by atoms with E-state index in [1.807, 2.05) is 0 Å². The van der Waals surface area contributed by atoms with Gasteiger partial charge in [0, 0.05) is 0 Å². The number of aryl methyl sites for hydroxylation is 1. The summed E-state index contributed by atoms with van der Waals surface area (Å²) in [6.45, 7) is 4.52. The van der Waals surface area contributed by atoms with Crippen LogP contribution in [0.4, 0.5) is 0 Å². The lowest BCUT2D eigenvalue weighted by atomic mass is 10.0. The van der Waals surface area contributed by atoms with Gasteiger partial charge in [-0.15, -0.1) is 0 Å². The number of hydrogen-bond acceptors (Lipinski definition) is 1. The number of benzene rings is 2. The second kappa shape index (κ2) is 5.83. The van der Waals surface area contributed by atoms with Crippen LogP contribution in [-0.2, 0) is 6.42 Å². The second-order valence-electron chi connectivity index (χ2n) is 4.64. The monoisotopic (exact) mass is 227 g/mol. The highest BCUT2D eigenvalue weighted by molar-refractivity contribution is 5.85. The molecule has 0 saturated carbocycles. The van der Waals surface area contributed by atoms with Crippen LogP contribution < -0.4 is 0 Å². The zero-order valence-corrected chi connectivity index (χ0v) is 10.8. The Morgan fingerprint density at radius 3 is 2.59 bits per heavy atom. The minimum atomic E-state index is 1.13. The highest BCUT2D eigenvalue weighted by atomic mass is 15.1. The first kappa shape index (κ1) is 12.1. The smallest absolute Gasteiger partial charge is 0.00187 e. The summed E-state index contributed by atoms with van der Waals surface area (Å²) in [5.41, 5.74) is 1.48. The van der Waals surface area contributed by atoms with Gasteiger partial charge >= 0.3 is 0 Å². The molecule has 0 aliphatic heterocycles. The molecule has 0 saturated heterocycles. The maximum absolute atomic E-state index is 2.37. The van der Waals surface area contributed by atoms with Gasteiger partial charge in [-0.05, 0) is 49.3 Å². The van der Waals surface area contributed by atoms with Gasteiger partial charge in [0.1, 0.15) is 0 Å². The summed E-state index contributed by atoms with van der Waals surface area (Å²) in [5, 5.41) is 2.77. The standard InChI is InChI=1S/C16H21N/c1-3-17(2)13-7-11-15-10-6-9-14-8-4-5-12-16(14)15/h4-6,8-10,12H,3,7,11,13H2,1-2H3. The molecule has 0 fully saturated rings. The summed E-state index contributed by atoms with van der Waals surface area (Å²) in [5.74, 6) is 0. The van der Waals surface area contributed by atoms with E-state index in [0.717, 1.165) is 6.54 Å². The summed E-state index contributed by atoms with van der Waals surface area (Å²) in [6.07, 6.45) is 2.41. The Hall–Kier alpha value is -1.34. The van der Waals surface area contributed by atoms with Crippen LogP contribution in [0.5, 0.6) is 0 Å². The molecule has 0 N–H and O–H groups in total. The number of hydrogen-bond donors (Lipinski definition) is 0. The largest absolute Gasteiger partial charge is 0.307 e. The van der Waals surface area contributed by atoms with Gasteiger partial charge in [0.2, 0.25) is 0 Å². The molecular weight excluding hydrogens is 206 g/mol. The van der Waals surface area contributed by atoms with Crippen LogP contribution in [0.2, 0.25) is 0 Å². The fraction of sp³-hybridized carbons (Fsp3) is 0.375. The molecule has 1 heteroatoms. The van der Waals surface area contributed by atoms with Crippen LogP contribution in [-0.4, -0.2) is 25.0 Å². The van der Waals surface area contributed by atoms with Gasteiger partial charge in [-0.2, -0.15) is 0 Å². The van der Waals surface area contributed by atoms with E-state index in [0.29, 0.717) is 0 Å². The zero-order chi connectivity index (χ0) is 12.1. The van der Waals surface area contributed by atoms with Gasteiger partial charge in [0.15, 0.2) is 0 Å². The summed E-state index contributed by atoms with van der Waals surface area (Å²) >= 11 is 0. The Balaban J connectivity index is 2.08. The number of nitrogens with zero attached hydrogens (tertiary/aromatic N) is 1. The van der Waals surface area contributed by atoms with Gasteiger partial charge in [-0.1, -0.05) is 49.4 Å². The van der Waals surface area contributed by atoms with E-state index in [1.54, 1.807) is 0 Å². The van der Waals surface area contributed by atoms with E-state index < -0.39 is 0 Å². The Kier molecular flexibility index (Phi) is 4.16. The van der Waals surface area contributed by atoms with E-state index in [4.69, 9.17) is 0 Å². The third-order valence-corrected chi connectivity index (χ3v) is 3.41. The lowest BCUT2D eigenvalue weighted by Crippen LogP contribution is -2.19. The summed E-state index contributed by atoms with van der Waals surface area (Å²) in [7, 11) is 2.18. The molecule has 0 spiro atoms. The first-order chi connectivity index (χ1) is 8.31. The molecule has 90 valence electrons. The Labute approximate surface area is 104 Å². The average Bonchev–Trinajstić information content (AvgIpc) is 2.39. The first-order valence-corrected chi connectivity index (χ1v) is 6.46. The van der Waals surface area contributed by atoms with E-state index in [1.165, 1.54) is 35.7 Å². The molecular formula is C16H21N. The summed E-state index contributed by atoms with van der Waals surface area (Å²) in [6, 6.07) is 15.3. The van der Waals surface area contributed by atoms with Crippen molar-refractivity contribution in [3.63, 3.8) is 0 Å². The zero-order valence-electron chi connectivity index (χ0n) is 10.8. The minimum absolute atomic E-state index is 1.13. The molecule has 0 amide bonds. The molecule has 17 heavy (non-hydrogen) atoms. The van der Waals surface area contributed by atoms with Crippen LogP contribution in [0.15, 0.2) is 42.5 Å². The molecule has 2 aromatic rings. The topological polar surface area (TPSA) is 3.24 Å². The van der Waals surface area contributed by atoms with Gasteiger partial charge in [-0.25, -0.2) is 0 Å². The lowest BCUT2D eigenvalue weighted by Gasteiger charge is -2.13. The van der Waals surface area contributed by atoms with E-state index >= 15 is 0 Å². The van der Waals surface area contributed by atoms with Crippen molar-refractivity contribution in [3.8, 4) is 0 Å². The van der Waals surface area contributed by atoms with Crippen molar-refractivity contribution in [1.82, 2.24) is 4.90 Å². The van der Waals surface area contributed by atoms with E-state index in [2.05, 4.69) is 61.3 Å². The van der Waals surface area contributed by atoms with Gasteiger partial charge in [-0.3, -0.25) is 0 Å². The third kappa shape index (κ3) is 3.07. The molecule has 0 radical (unpaired) electrons. The van der Waals surface area contributed by atoms with Crippen molar-refractivity contribution in [1.29, 1.82) is 0 Å². The van der Waals surface area contributed by atoms with Crippen LogP contribution in [0.1, 0.15) is 18.9 Å². The molecule has 0 aromatic heterocycles. The van der Waals surface area contributed by atoms with Crippen molar-refractivity contribution in [2.45, 2.75) is 19.8 Å². The normalized spacial score (nSPS) is 11.2. The van der Waals surface area contributed by atoms with Gasteiger partial charge in [0.05, 0.1) is 0 Å². The van der Waals surface area contributed by atoms with Gasteiger partial charge in [0.25, 0.3) is 0 Å². The van der Waals surface area contributed by atoms with E-state index in [-0.39, 0.29) is 0 Å². The van der Waals surface area contributed by atoms with Crippen molar-refractivity contribution >= 4 is 10.8 Å². The average molecular weight is 227 g/mol. The maximum atomic E-state index is 2.37. The molecule has 2 rings (SSSR count). The van der Waals surface area contributed by atoms with Crippen molar-refractivity contribution in [2.24, 2.45) is 0 Å². The fourth-order valence-electron chi connectivity index (χ4n) is 2.21. The predicted molar refractivity (Wildman–Crippen MR) is 75.4 cm³/mol. The maximum Gasteiger partial charge on any atom is -0.00187 e. The molecule has 0 heterocycles. The second-order valence-corrected chi connectivity index (χ2v) is 4.64. The lowest BCUT2D eigenvalue weighted by molar-refractivity contribution is 0.347. The number of rotatable bonds is 5. The van der Waals surface area contributed by atoms with Crippen molar-refractivity contribution in [2.75, 3.05) is 20.1 Å². The molecule has 0 aliphatic carbocycles. The van der Waals surface area contributed by atoms with Crippen LogP contribution in [0.3, 0.4) is 0 Å². The first-order valence-electron chi connectivity index (χ1n) is 6.46. The quantitative estimate of drug-likeness (QED) is 0.752. The number of fused-ring (bicyclic) bond motifs is 1. The minimum Gasteiger partial charge on any atom is -0.307 e. The molecule has 0 bridgehead atoms. The summed E-state index contributed by atoms with van der Waals surface area (Å²) < 4.78 is 0. The fourth-order valence-corrected chi connectivity index (χ4v) is 2.21. The molecule has 2 aromatic carbocycles. The Bertz CT molecular complexity index is 470. The van der Waals surface area contributed by atoms with Crippen LogP contribution in [0, 0.1) is 0 Å². The SMILES string of the molecule is CCN(C)CCCc1cccc2ccccc12. The molecule has 0 unspecified atom stereocenters. The van der Waals surface area contributed by atoms with Gasteiger partial charge < -0.3 is 4.90 Å². The molecule has 1 nitrogen and oxygen atoms in total. The summed E-state index contributed by atoms with van der Waals surface area (Å²) in [4.78, 5) is 2.37. The van der Waals surface area contributed by atoms with Crippen LogP contribution >= 0.6 is 0 Å². The highest BCUT2D eigenvalue weighted by Crippen LogP contribution is 2.19. The highest BCUT2D eigenvalue weighted by Gasteiger charge is 2.01. The Morgan fingerprint density at radius 2 is 1.76 bits per heavy atom. The Morgan fingerprint density at radius 1 is 1.00 bits per heavy atom. The molecule has 0 aliphatic rings. The third-order valence-electron chi connectivity index (χ3n) is 3.41. The predicted octanol–water partition coefficient (Wildman–Crippen LogP) is 3.72.